The van der Waals surface area contributed by atoms with Crippen LogP contribution in [0, 0.1) is 0 Å². The van der Waals surface area contributed by atoms with Gasteiger partial charge >= 0.3 is 5.97 Å². The Labute approximate surface area is 79.8 Å². The van der Waals surface area contributed by atoms with Crippen molar-refractivity contribution in [1.82, 2.24) is 4.98 Å². The lowest BCUT2D eigenvalue weighted by molar-refractivity contribution is 0.0697. The number of hydrogen-bond acceptors (Lipinski definition) is 3. The summed E-state index contributed by atoms with van der Waals surface area (Å²) in [7, 11) is 0. The number of carboxylic acids is 1. The van der Waals surface area contributed by atoms with Crippen LogP contribution in [0.4, 0.5) is 0 Å². The predicted octanol–water partition coefficient (Wildman–Crippen LogP) is 2.04. The van der Waals surface area contributed by atoms with E-state index in [0.717, 1.165) is 5.56 Å². The van der Waals surface area contributed by atoms with Crippen LogP contribution in [0.15, 0.2) is 41.3 Å². The molecule has 1 N–H and O–H groups in total. The highest BCUT2D eigenvalue weighted by molar-refractivity contribution is 5.88. The van der Waals surface area contributed by atoms with Crippen molar-refractivity contribution < 1.29 is 14.3 Å². The fourth-order valence-corrected chi connectivity index (χ4v) is 1.14. The van der Waals surface area contributed by atoms with Crippen molar-refractivity contribution >= 4 is 5.97 Å². The zero-order valence-electron chi connectivity index (χ0n) is 7.18. The van der Waals surface area contributed by atoms with E-state index in [1.807, 2.05) is 0 Å². The molecule has 0 spiro atoms. The fourth-order valence-electron chi connectivity index (χ4n) is 1.14. The summed E-state index contributed by atoms with van der Waals surface area (Å²) in [6.45, 7) is 0. The van der Waals surface area contributed by atoms with E-state index >= 15 is 0 Å². The van der Waals surface area contributed by atoms with Gasteiger partial charge in [0, 0.05) is 5.56 Å². The molecule has 14 heavy (non-hydrogen) atoms. The quantitative estimate of drug-likeness (QED) is 0.785. The van der Waals surface area contributed by atoms with Crippen molar-refractivity contribution in [3.63, 3.8) is 0 Å². The molecule has 1 heterocycles. The molecule has 2 rings (SSSR count). The van der Waals surface area contributed by atoms with E-state index < -0.39 is 5.97 Å². The fraction of sp³-hybridized carbons (Fsp3) is 0. The molecule has 70 valence electrons. The van der Waals surface area contributed by atoms with Crippen molar-refractivity contribution in [3.05, 3.63) is 42.5 Å². The Morgan fingerprint density at radius 2 is 2.00 bits per heavy atom. The molecule has 0 atom stereocenters. The average Bonchev–Trinajstić information content (AvgIpc) is 2.71. The van der Waals surface area contributed by atoms with Crippen LogP contribution in [0.2, 0.25) is 0 Å². The maximum absolute atomic E-state index is 10.6. The number of oxazole rings is 1. The summed E-state index contributed by atoms with van der Waals surface area (Å²) in [6, 6.07) is 6.46. The number of aromatic carboxylic acids is 1. The molecule has 0 aliphatic heterocycles. The van der Waals surface area contributed by atoms with Crippen molar-refractivity contribution in [1.29, 1.82) is 0 Å². The Bertz CT molecular complexity index is 431. The van der Waals surface area contributed by atoms with Gasteiger partial charge in [0.2, 0.25) is 0 Å². The standard InChI is InChI=1S/C10H7NO3/c12-10(13)8-3-1-7(2-4-8)9-5-14-6-11-9/h1-6H,(H,12,13). The van der Waals surface area contributed by atoms with Gasteiger partial charge in [-0.3, -0.25) is 0 Å². The number of aromatic nitrogens is 1. The minimum atomic E-state index is -0.934. The van der Waals surface area contributed by atoms with Crippen LogP contribution in [-0.4, -0.2) is 16.1 Å². The first-order valence-corrected chi connectivity index (χ1v) is 3.99. The second-order valence-corrected chi connectivity index (χ2v) is 2.76. The Hall–Kier alpha value is -2.10. The van der Waals surface area contributed by atoms with E-state index in [0.29, 0.717) is 5.69 Å². The van der Waals surface area contributed by atoms with Gasteiger partial charge in [0.15, 0.2) is 6.39 Å². The summed E-state index contributed by atoms with van der Waals surface area (Å²) in [5, 5.41) is 8.67. The largest absolute Gasteiger partial charge is 0.478 e. The summed E-state index contributed by atoms with van der Waals surface area (Å²) in [5.41, 5.74) is 1.79. The van der Waals surface area contributed by atoms with E-state index in [1.165, 1.54) is 24.8 Å². The number of carbonyl (C=O) groups is 1. The number of rotatable bonds is 2. The highest BCUT2D eigenvalue weighted by atomic mass is 16.4. The van der Waals surface area contributed by atoms with E-state index in [2.05, 4.69) is 4.98 Å². The first-order chi connectivity index (χ1) is 6.77. The van der Waals surface area contributed by atoms with Gasteiger partial charge in [0.25, 0.3) is 0 Å². The Morgan fingerprint density at radius 3 is 2.50 bits per heavy atom. The molecule has 0 fully saturated rings. The van der Waals surface area contributed by atoms with Gasteiger partial charge < -0.3 is 9.52 Å². The maximum Gasteiger partial charge on any atom is 0.335 e. The second kappa shape index (κ2) is 3.33. The van der Waals surface area contributed by atoms with Gasteiger partial charge in [-0.25, -0.2) is 9.78 Å². The molecule has 0 saturated carbocycles. The van der Waals surface area contributed by atoms with E-state index in [4.69, 9.17) is 9.52 Å². The van der Waals surface area contributed by atoms with Crippen LogP contribution in [0.1, 0.15) is 10.4 Å². The molecule has 0 amide bonds. The van der Waals surface area contributed by atoms with Crippen molar-refractivity contribution in [2.75, 3.05) is 0 Å². The molecule has 0 unspecified atom stereocenters. The molecule has 4 nitrogen and oxygen atoms in total. The van der Waals surface area contributed by atoms with Gasteiger partial charge in [-0.05, 0) is 12.1 Å². The smallest absolute Gasteiger partial charge is 0.335 e. The SMILES string of the molecule is O=C(O)c1ccc(-c2cocn2)cc1. The summed E-state index contributed by atoms with van der Waals surface area (Å²) >= 11 is 0. The van der Waals surface area contributed by atoms with E-state index in [1.54, 1.807) is 12.1 Å². The van der Waals surface area contributed by atoms with Crippen LogP contribution >= 0.6 is 0 Å². The van der Waals surface area contributed by atoms with Gasteiger partial charge in [-0.15, -0.1) is 0 Å². The molecule has 4 heteroatoms. The molecular formula is C10H7NO3. The Morgan fingerprint density at radius 1 is 1.29 bits per heavy atom. The Kier molecular flexibility index (Phi) is 2.02. The van der Waals surface area contributed by atoms with Crippen LogP contribution < -0.4 is 0 Å². The van der Waals surface area contributed by atoms with Crippen LogP contribution in [-0.2, 0) is 0 Å². The normalized spacial score (nSPS) is 10.0. The molecule has 0 bridgehead atoms. The van der Waals surface area contributed by atoms with Crippen molar-refractivity contribution in [3.8, 4) is 11.3 Å². The lowest BCUT2D eigenvalue weighted by atomic mass is 10.1. The highest BCUT2D eigenvalue weighted by Gasteiger charge is 2.04. The zero-order chi connectivity index (χ0) is 9.97. The van der Waals surface area contributed by atoms with Gasteiger partial charge in [-0.1, -0.05) is 12.1 Å². The average molecular weight is 189 g/mol. The Balaban J connectivity index is 2.36. The third kappa shape index (κ3) is 1.50. The summed E-state index contributed by atoms with van der Waals surface area (Å²) in [4.78, 5) is 14.5. The summed E-state index contributed by atoms with van der Waals surface area (Å²) in [5.74, 6) is -0.934. The monoisotopic (exact) mass is 189 g/mol. The third-order valence-electron chi connectivity index (χ3n) is 1.86. The number of carboxylic acid groups (broad SMARTS) is 1. The van der Waals surface area contributed by atoms with Crippen LogP contribution in [0.5, 0.6) is 0 Å². The van der Waals surface area contributed by atoms with E-state index in [9.17, 15) is 4.79 Å². The molecule has 1 aromatic carbocycles. The minimum Gasteiger partial charge on any atom is -0.478 e. The van der Waals surface area contributed by atoms with Gasteiger partial charge in [0.05, 0.1) is 5.56 Å². The number of nitrogens with zero attached hydrogens (tertiary/aromatic N) is 1. The lowest BCUT2D eigenvalue weighted by Gasteiger charge is -1.96. The number of hydrogen-bond donors (Lipinski definition) is 1. The molecule has 2 aromatic rings. The summed E-state index contributed by atoms with van der Waals surface area (Å²) in [6.07, 6.45) is 2.84. The van der Waals surface area contributed by atoms with Crippen LogP contribution in [0.25, 0.3) is 11.3 Å². The first kappa shape index (κ1) is 8.50. The molecule has 0 aliphatic carbocycles. The van der Waals surface area contributed by atoms with Gasteiger partial charge in [0.1, 0.15) is 12.0 Å². The molecular weight excluding hydrogens is 182 g/mol. The molecule has 1 aromatic heterocycles. The van der Waals surface area contributed by atoms with E-state index in [-0.39, 0.29) is 5.56 Å². The second-order valence-electron chi connectivity index (χ2n) is 2.76. The van der Waals surface area contributed by atoms with Crippen LogP contribution in [0.3, 0.4) is 0 Å². The van der Waals surface area contributed by atoms with Crippen molar-refractivity contribution in [2.45, 2.75) is 0 Å². The topological polar surface area (TPSA) is 63.3 Å². The first-order valence-electron chi connectivity index (χ1n) is 3.99. The predicted molar refractivity (Wildman–Crippen MR) is 48.9 cm³/mol. The summed E-state index contributed by atoms with van der Waals surface area (Å²) < 4.78 is 4.82. The third-order valence-corrected chi connectivity index (χ3v) is 1.86. The molecule has 0 radical (unpaired) electrons. The molecule has 0 aliphatic rings. The molecule has 0 saturated heterocycles. The highest BCUT2D eigenvalue weighted by Crippen LogP contribution is 2.17. The number of benzene rings is 1. The zero-order valence-corrected chi connectivity index (χ0v) is 7.18. The van der Waals surface area contributed by atoms with Gasteiger partial charge in [-0.2, -0.15) is 0 Å². The minimum absolute atomic E-state index is 0.261. The van der Waals surface area contributed by atoms with Crippen molar-refractivity contribution in [2.24, 2.45) is 0 Å². The lowest BCUT2D eigenvalue weighted by Crippen LogP contribution is -1.94. The maximum atomic E-state index is 10.6.